The van der Waals surface area contributed by atoms with E-state index in [4.69, 9.17) is 0 Å². The Bertz CT molecular complexity index is 593. The molecule has 5 nitrogen and oxygen atoms in total. The second-order valence-corrected chi connectivity index (χ2v) is 5.01. The van der Waals surface area contributed by atoms with Crippen LogP contribution in [0.15, 0.2) is 23.3 Å². The topological polar surface area (TPSA) is 59.0 Å². The van der Waals surface area contributed by atoms with Crippen LogP contribution in [-0.4, -0.2) is 24.7 Å². The van der Waals surface area contributed by atoms with Gasteiger partial charge in [-0.25, -0.2) is 0 Å². The van der Waals surface area contributed by atoms with E-state index in [1.807, 2.05) is 32.0 Å². The fraction of sp³-hybridized carbons (Fsp3) is 0.400. The van der Waals surface area contributed by atoms with E-state index in [0.717, 1.165) is 16.8 Å². The average Bonchev–Trinajstić information content (AvgIpc) is 2.69. The Balaban J connectivity index is 2.30. The molecule has 20 heavy (non-hydrogen) atoms. The van der Waals surface area contributed by atoms with Crippen molar-refractivity contribution >= 4 is 23.3 Å². The highest BCUT2D eigenvalue weighted by Crippen LogP contribution is 2.29. The maximum absolute atomic E-state index is 12.4. The molecule has 1 aliphatic heterocycles. The molecular formula is C15H18N2O3. The molecule has 0 saturated carbocycles. The first kappa shape index (κ1) is 14.2. The Labute approximate surface area is 118 Å². The van der Waals surface area contributed by atoms with Crippen molar-refractivity contribution in [3.05, 3.63) is 29.3 Å². The maximum Gasteiger partial charge on any atom is 0.306 e. The highest BCUT2D eigenvalue weighted by Gasteiger charge is 2.36. The molecule has 0 bridgehead atoms. The molecule has 1 heterocycles. The van der Waals surface area contributed by atoms with Gasteiger partial charge in [0.1, 0.15) is 0 Å². The zero-order valence-electron chi connectivity index (χ0n) is 12.1. The summed E-state index contributed by atoms with van der Waals surface area (Å²) >= 11 is 0. The Hall–Kier alpha value is -2.17. The molecule has 1 unspecified atom stereocenters. The number of anilines is 1. The molecule has 0 spiro atoms. The summed E-state index contributed by atoms with van der Waals surface area (Å²) in [5, 5.41) is 5.70. The minimum atomic E-state index is -0.526. The zero-order valence-corrected chi connectivity index (χ0v) is 12.1. The summed E-state index contributed by atoms with van der Waals surface area (Å²) in [4.78, 5) is 23.8. The highest BCUT2D eigenvalue weighted by molar-refractivity contribution is 6.16. The van der Waals surface area contributed by atoms with Crippen molar-refractivity contribution < 1.29 is 14.3 Å². The summed E-state index contributed by atoms with van der Waals surface area (Å²) in [6.07, 6.45) is 0.0338. The van der Waals surface area contributed by atoms with Crippen molar-refractivity contribution in [1.29, 1.82) is 0 Å². The molecule has 0 N–H and O–H groups in total. The molecule has 0 aliphatic carbocycles. The molecule has 1 aromatic rings. The lowest BCUT2D eigenvalue weighted by molar-refractivity contribution is -0.142. The number of rotatable bonds is 3. The van der Waals surface area contributed by atoms with Gasteiger partial charge in [-0.2, -0.15) is 10.1 Å². The standard InChI is InChI=1S/C15H18N2O3/c1-9-5-6-10(2)13(7-9)17-15(19)12(11(3)16-17)8-14(18)20-4/h5-7,12H,8H2,1-4H3. The van der Waals surface area contributed by atoms with E-state index in [0.29, 0.717) is 5.71 Å². The second-order valence-electron chi connectivity index (χ2n) is 5.01. The number of esters is 1. The fourth-order valence-electron chi connectivity index (χ4n) is 2.21. The lowest BCUT2D eigenvalue weighted by Gasteiger charge is -2.16. The number of hydrazone groups is 1. The van der Waals surface area contributed by atoms with Crippen molar-refractivity contribution in [3.8, 4) is 0 Å². The van der Waals surface area contributed by atoms with E-state index < -0.39 is 11.9 Å². The quantitative estimate of drug-likeness (QED) is 0.794. The van der Waals surface area contributed by atoms with E-state index >= 15 is 0 Å². The SMILES string of the molecule is COC(=O)CC1C(=O)N(c2cc(C)ccc2C)N=C1C. The first-order valence-corrected chi connectivity index (χ1v) is 6.47. The van der Waals surface area contributed by atoms with Gasteiger partial charge in [0.05, 0.1) is 25.1 Å². The number of carbonyl (C=O) groups excluding carboxylic acids is 2. The Morgan fingerprint density at radius 1 is 1.35 bits per heavy atom. The molecule has 5 heteroatoms. The van der Waals surface area contributed by atoms with Gasteiger partial charge in [0.25, 0.3) is 5.91 Å². The largest absolute Gasteiger partial charge is 0.469 e. The highest BCUT2D eigenvalue weighted by atomic mass is 16.5. The number of ether oxygens (including phenoxy) is 1. The average molecular weight is 274 g/mol. The van der Waals surface area contributed by atoms with Crippen molar-refractivity contribution in [1.82, 2.24) is 0 Å². The first-order valence-electron chi connectivity index (χ1n) is 6.47. The van der Waals surface area contributed by atoms with Crippen LogP contribution in [0.25, 0.3) is 0 Å². The Morgan fingerprint density at radius 2 is 2.05 bits per heavy atom. The number of nitrogens with zero attached hydrogens (tertiary/aromatic N) is 2. The van der Waals surface area contributed by atoms with Crippen molar-refractivity contribution in [2.24, 2.45) is 11.0 Å². The minimum absolute atomic E-state index is 0.0338. The van der Waals surface area contributed by atoms with E-state index in [2.05, 4.69) is 9.84 Å². The van der Waals surface area contributed by atoms with E-state index in [1.54, 1.807) is 6.92 Å². The number of aryl methyl sites for hydroxylation is 2. The summed E-state index contributed by atoms with van der Waals surface area (Å²) in [5.74, 6) is -1.11. The van der Waals surface area contributed by atoms with Crippen LogP contribution in [0.4, 0.5) is 5.69 Å². The van der Waals surface area contributed by atoms with Crippen LogP contribution in [0.2, 0.25) is 0 Å². The van der Waals surface area contributed by atoms with Gasteiger partial charge in [-0.1, -0.05) is 12.1 Å². The number of carbonyl (C=O) groups is 2. The summed E-state index contributed by atoms with van der Waals surface area (Å²) < 4.78 is 4.63. The van der Waals surface area contributed by atoms with Gasteiger partial charge in [-0.05, 0) is 38.0 Å². The molecule has 0 radical (unpaired) electrons. The van der Waals surface area contributed by atoms with Gasteiger partial charge in [-0.15, -0.1) is 0 Å². The number of methoxy groups -OCH3 is 1. The van der Waals surface area contributed by atoms with Gasteiger partial charge >= 0.3 is 5.97 Å². The van der Waals surface area contributed by atoms with Gasteiger partial charge in [-0.3, -0.25) is 9.59 Å². The maximum atomic E-state index is 12.4. The summed E-state index contributed by atoms with van der Waals surface area (Å²) in [6, 6.07) is 5.86. The lowest BCUT2D eigenvalue weighted by Crippen LogP contribution is -2.29. The third-order valence-corrected chi connectivity index (χ3v) is 3.46. The lowest BCUT2D eigenvalue weighted by atomic mass is 10.0. The van der Waals surface area contributed by atoms with Crippen molar-refractivity contribution in [3.63, 3.8) is 0 Å². The van der Waals surface area contributed by atoms with Crippen molar-refractivity contribution in [2.45, 2.75) is 27.2 Å². The second kappa shape index (κ2) is 5.45. The molecule has 0 fully saturated rings. The summed E-state index contributed by atoms with van der Waals surface area (Å²) in [5.41, 5.74) is 3.44. The smallest absolute Gasteiger partial charge is 0.306 e. The normalized spacial score (nSPS) is 18.2. The molecule has 106 valence electrons. The van der Waals surface area contributed by atoms with Gasteiger partial charge < -0.3 is 4.74 Å². The number of hydrogen-bond acceptors (Lipinski definition) is 4. The third kappa shape index (κ3) is 2.57. The van der Waals surface area contributed by atoms with E-state index in [1.165, 1.54) is 12.1 Å². The predicted molar refractivity (Wildman–Crippen MR) is 76.6 cm³/mol. The molecule has 1 amide bonds. The van der Waals surface area contributed by atoms with Gasteiger partial charge in [0.2, 0.25) is 0 Å². The number of benzene rings is 1. The fourth-order valence-corrected chi connectivity index (χ4v) is 2.21. The van der Waals surface area contributed by atoms with Crippen LogP contribution >= 0.6 is 0 Å². The monoisotopic (exact) mass is 274 g/mol. The zero-order chi connectivity index (χ0) is 14.9. The van der Waals surface area contributed by atoms with Crippen LogP contribution in [0.1, 0.15) is 24.5 Å². The van der Waals surface area contributed by atoms with Crippen LogP contribution in [0, 0.1) is 19.8 Å². The van der Waals surface area contributed by atoms with Gasteiger partial charge in [0, 0.05) is 5.71 Å². The summed E-state index contributed by atoms with van der Waals surface area (Å²) in [7, 11) is 1.32. The predicted octanol–water partition coefficient (Wildman–Crippen LogP) is 2.21. The Kier molecular flexibility index (Phi) is 3.88. The summed E-state index contributed by atoms with van der Waals surface area (Å²) in [6.45, 7) is 5.66. The third-order valence-electron chi connectivity index (χ3n) is 3.46. The molecule has 1 aliphatic rings. The number of hydrogen-bond donors (Lipinski definition) is 0. The van der Waals surface area contributed by atoms with Crippen LogP contribution in [-0.2, 0) is 14.3 Å². The first-order chi connectivity index (χ1) is 9.43. The molecular weight excluding hydrogens is 256 g/mol. The van der Waals surface area contributed by atoms with Gasteiger partial charge in [0.15, 0.2) is 0 Å². The van der Waals surface area contributed by atoms with Crippen LogP contribution < -0.4 is 5.01 Å². The molecule has 0 saturated heterocycles. The van der Waals surface area contributed by atoms with Crippen molar-refractivity contribution in [2.75, 3.05) is 12.1 Å². The van der Waals surface area contributed by atoms with Crippen LogP contribution in [0.5, 0.6) is 0 Å². The molecule has 1 atom stereocenters. The van der Waals surface area contributed by atoms with E-state index in [9.17, 15) is 9.59 Å². The van der Waals surface area contributed by atoms with E-state index in [-0.39, 0.29) is 12.3 Å². The Morgan fingerprint density at radius 3 is 2.70 bits per heavy atom. The molecule has 1 aromatic carbocycles. The minimum Gasteiger partial charge on any atom is -0.469 e. The molecule has 2 rings (SSSR count). The number of amides is 1. The van der Waals surface area contributed by atoms with Crippen LogP contribution in [0.3, 0.4) is 0 Å². The molecule has 0 aromatic heterocycles.